The van der Waals surface area contributed by atoms with Gasteiger partial charge >= 0.3 is 0 Å². The van der Waals surface area contributed by atoms with Crippen LogP contribution in [0, 0.1) is 0 Å². The number of benzene rings is 1. The van der Waals surface area contributed by atoms with Crippen molar-refractivity contribution in [3.63, 3.8) is 0 Å². The molecule has 0 saturated heterocycles. The predicted octanol–water partition coefficient (Wildman–Crippen LogP) is 2.76. The molecule has 0 fully saturated rings. The van der Waals surface area contributed by atoms with Crippen molar-refractivity contribution in [1.29, 1.82) is 0 Å². The zero-order chi connectivity index (χ0) is 12.7. The second-order valence-electron chi connectivity index (χ2n) is 4.09. The van der Waals surface area contributed by atoms with Gasteiger partial charge in [-0.3, -0.25) is 4.79 Å². The van der Waals surface area contributed by atoms with Crippen LogP contribution >= 0.6 is 15.9 Å². The van der Waals surface area contributed by atoms with Gasteiger partial charge in [0, 0.05) is 10.9 Å². The summed E-state index contributed by atoms with van der Waals surface area (Å²) < 4.78 is 1.04. The zero-order valence-electron chi connectivity index (χ0n) is 10.1. The highest BCUT2D eigenvalue weighted by Crippen LogP contribution is 2.16. The molecule has 3 nitrogen and oxygen atoms in total. The first-order valence-electron chi connectivity index (χ1n) is 5.88. The summed E-state index contributed by atoms with van der Waals surface area (Å²) in [5, 5.41) is 2.98. The zero-order valence-corrected chi connectivity index (χ0v) is 11.7. The minimum Gasteiger partial charge on any atom is -0.350 e. The van der Waals surface area contributed by atoms with Gasteiger partial charge < -0.3 is 11.1 Å². The Morgan fingerprint density at radius 3 is 2.59 bits per heavy atom. The summed E-state index contributed by atoms with van der Waals surface area (Å²) in [6.07, 6.45) is 2.31. The smallest absolute Gasteiger partial charge is 0.220 e. The fourth-order valence-corrected chi connectivity index (χ4v) is 1.84. The van der Waals surface area contributed by atoms with Crippen molar-refractivity contribution in [3.8, 4) is 0 Å². The summed E-state index contributed by atoms with van der Waals surface area (Å²) in [5.41, 5.74) is 6.50. The Balaban J connectivity index is 2.40. The van der Waals surface area contributed by atoms with Gasteiger partial charge in [-0.05, 0) is 44.0 Å². The van der Waals surface area contributed by atoms with Gasteiger partial charge in [0.15, 0.2) is 0 Å². The molecule has 1 aromatic rings. The number of nitrogens with two attached hydrogens (primary N) is 1. The van der Waals surface area contributed by atoms with E-state index in [2.05, 4.69) is 21.2 Å². The quantitative estimate of drug-likeness (QED) is 0.794. The van der Waals surface area contributed by atoms with E-state index < -0.39 is 0 Å². The number of hydrogen-bond acceptors (Lipinski definition) is 2. The molecular formula is C13H19BrN2O. The van der Waals surface area contributed by atoms with Crippen molar-refractivity contribution >= 4 is 21.8 Å². The molecule has 1 aromatic carbocycles. The molecule has 0 radical (unpaired) electrons. The lowest BCUT2D eigenvalue weighted by atomic mass is 10.1. The van der Waals surface area contributed by atoms with Gasteiger partial charge in [0.25, 0.3) is 0 Å². The van der Waals surface area contributed by atoms with Gasteiger partial charge in [-0.1, -0.05) is 28.1 Å². The molecule has 0 heterocycles. The summed E-state index contributed by atoms with van der Waals surface area (Å²) in [6.45, 7) is 2.64. The van der Waals surface area contributed by atoms with Gasteiger partial charge in [-0.25, -0.2) is 0 Å². The first-order chi connectivity index (χ1) is 8.13. The molecular weight excluding hydrogens is 280 g/mol. The minimum atomic E-state index is 0.0495. The molecule has 0 aromatic heterocycles. The Labute approximate surface area is 111 Å². The van der Waals surface area contributed by atoms with Crippen LogP contribution in [0.15, 0.2) is 28.7 Å². The van der Waals surface area contributed by atoms with E-state index in [-0.39, 0.29) is 11.9 Å². The normalized spacial score (nSPS) is 12.2. The maximum Gasteiger partial charge on any atom is 0.220 e. The lowest BCUT2D eigenvalue weighted by Crippen LogP contribution is -2.26. The number of hydrogen-bond donors (Lipinski definition) is 2. The van der Waals surface area contributed by atoms with Crippen LogP contribution in [0.1, 0.15) is 37.8 Å². The Hall–Kier alpha value is -0.870. The Morgan fingerprint density at radius 2 is 2.00 bits per heavy atom. The average molecular weight is 299 g/mol. The summed E-state index contributed by atoms with van der Waals surface area (Å²) in [7, 11) is 0. The summed E-state index contributed by atoms with van der Waals surface area (Å²) >= 11 is 3.39. The number of carbonyl (C=O) groups excluding carboxylic acids is 1. The lowest BCUT2D eigenvalue weighted by molar-refractivity contribution is -0.121. The maximum atomic E-state index is 11.6. The molecule has 4 heteroatoms. The third-order valence-electron chi connectivity index (χ3n) is 2.61. The van der Waals surface area contributed by atoms with Crippen LogP contribution in [0.4, 0.5) is 0 Å². The van der Waals surface area contributed by atoms with Crippen molar-refractivity contribution in [3.05, 3.63) is 34.3 Å². The third kappa shape index (κ3) is 5.33. The third-order valence-corrected chi connectivity index (χ3v) is 3.13. The van der Waals surface area contributed by atoms with Crippen LogP contribution < -0.4 is 11.1 Å². The second-order valence-corrected chi connectivity index (χ2v) is 5.00. The van der Waals surface area contributed by atoms with Gasteiger partial charge in [-0.15, -0.1) is 0 Å². The van der Waals surface area contributed by atoms with E-state index in [1.54, 1.807) is 0 Å². The molecule has 1 unspecified atom stereocenters. The van der Waals surface area contributed by atoms with E-state index in [1.807, 2.05) is 31.2 Å². The van der Waals surface area contributed by atoms with E-state index in [9.17, 15) is 4.79 Å². The molecule has 0 bridgehead atoms. The molecule has 0 aliphatic rings. The highest BCUT2D eigenvalue weighted by molar-refractivity contribution is 9.10. The monoisotopic (exact) mass is 298 g/mol. The largest absolute Gasteiger partial charge is 0.350 e. The number of rotatable bonds is 6. The van der Waals surface area contributed by atoms with E-state index in [0.717, 1.165) is 22.9 Å². The molecule has 0 aliphatic heterocycles. The van der Waals surface area contributed by atoms with E-state index in [1.165, 1.54) is 0 Å². The summed E-state index contributed by atoms with van der Waals surface area (Å²) in [4.78, 5) is 11.6. The van der Waals surface area contributed by atoms with Crippen LogP contribution in [-0.4, -0.2) is 12.5 Å². The topological polar surface area (TPSA) is 55.1 Å². The molecule has 94 valence electrons. The van der Waals surface area contributed by atoms with Gasteiger partial charge in [0.1, 0.15) is 0 Å². The Kier molecular flexibility index (Phi) is 6.22. The highest BCUT2D eigenvalue weighted by Gasteiger charge is 2.08. The predicted molar refractivity (Wildman–Crippen MR) is 73.6 cm³/mol. The van der Waals surface area contributed by atoms with Crippen LogP contribution in [0.3, 0.4) is 0 Å². The highest BCUT2D eigenvalue weighted by atomic mass is 79.9. The first-order valence-corrected chi connectivity index (χ1v) is 6.67. The molecule has 3 N–H and O–H groups in total. The van der Waals surface area contributed by atoms with Crippen molar-refractivity contribution in [2.75, 3.05) is 6.54 Å². The molecule has 17 heavy (non-hydrogen) atoms. The van der Waals surface area contributed by atoms with E-state index in [0.29, 0.717) is 13.0 Å². The Bertz CT molecular complexity index is 351. The minimum absolute atomic E-state index is 0.0495. The molecule has 0 saturated carbocycles. The standard InChI is InChI=1S/C13H19BrN2O/c1-10(11-5-7-12(14)8-6-11)16-13(17)4-2-3-9-15/h5-8,10H,2-4,9,15H2,1H3,(H,16,17). The second kappa shape index (κ2) is 7.45. The van der Waals surface area contributed by atoms with E-state index in [4.69, 9.17) is 5.73 Å². The van der Waals surface area contributed by atoms with Crippen molar-refractivity contribution in [2.45, 2.75) is 32.2 Å². The van der Waals surface area contributed by atoms with Crippen LogP contribution in [0.25, 0.3) is 0 Å². The number of nitrogens with one attached hydrogen (secondary N) is 1. The average Bonchev–Trinajstić information content (AvgIpc) is 2.30. The number of carbonyl (C=O) groups is 1. The van der Waals surface area contributed by atoms with E-state index >= 15 is 0 Å². The van der Waals surface area contributed by atoms with Crippen molar-refractivity contribution in [1.82, 2.24) is 5.32 Å². The van der Waals surface area contributed by atoms with Gasteiger partial charge in [-0.2, -0.15) is 0 Å². The van der Waals surface area contributed by atoms with Gasteiger partial charge in [0.05, 0.1) is 6.04 Å². The summed E-state index contributed by atoms with van der Waals surface area (Å²) in [6, 6.07) is 8.02. The summed E-state index contributed by atoms with van der Waals surface area (Å²) in [5.74, 6) is 0.0915. The lowest BCUT2D eigenvalue weighted by Gasteiger charge is -2.14. The molecule has 1 rings (SSSR count). The van der Waals surface area contributed by atoms with Crippen LogP contribution in [-0.2, 0) is 4.79 Å². The number of halogens is 1. The maximum absolute atomic E-state index is 11.6. The molecule has 0 spiro atoms. The Morgan fingerprint density at radius 1 is 1.35 bits per heavy atom. The van der Waals surface area contributed by atoms with Crippen molar-refractivity contribution in [2.24, 2.45) is 5.73 Å². The fourth-order valence-electron chi connectivity index (χ4n) is 1.58. The molecule has 1 atom stereocenters. The molecule has 0 aliphatic carbocycles. The van der Waals surface area contributed by atoms with Gasteiger partial charge in [0.2, 0.25) is 5.91 Å². The molecule has 1 amide bonds. The van der Waals surface area contributed by atoms with Crippen molar-refractivity contribution < 1.29 is 4.79 Å². The fraction of sp³-hybridized carbons (Fsp3) is 0.462. The number of unbranched alkanes of at least 4 members (excludes halogenated alkanes) is 1. The van der Waals surface area contributed by atoms with Crippen LogP contribution in [0.5, 0.6) is 0 Å². The van der Waals surface area contributed by atoms with Crippen LogP contribution in [0.2, 0.25) is 0 Å². The first kappa shape index (κ1) is 14.2. The SMILES string of the molecule is CC(NC(=O)CCCCN)c1ccc(Br)cc1. The number of amides is 1.